The van der Waals surface area contributed by atoms with Crippen LogP contribution in [0, 0.1) is 5.92 Å². The molecule has 1 N–H and O–H groups in total. The number of hydrogen-bond donors (Lipinski definition) is 1. The highest BCUT2D eigenvalue weighted by Gasteiger charge is 2.39. The fourth-order valence-corrected chi connectivity index (χ4v) is 0.620. The van der Waals surface area contributed by atoms with Crippen LogP contribution in [-0.2, 0) is 0 Å². The SMILES string of the molecule is CC(C(C)(C)O)C(C)(F)F. The summed E-state index contributed by atoms with van der Waals surface area (Å²) < 4.78 is 24.9. The second-order valence-electron chi connectivity index (χ2n) is 3.33. The number of halogens is 2. The lowest BCUT2D eigenvalue weighted by molar-refractivity contribution is -0.116. The lowest BCUT2D eigenvalue weighted by Gasteiger charge is -2.30. The predicted molar refractivity (Wildman–Crippen MR) is 36.1 cm³/mol. The van der Waals surface area contributed by atoms with Gasteiger partial charge in [-0.3, -0.25) is 0 Å². The van der Waals surface area contributed by atoms with E-state index in [9.17, 15) is 8.78 Å². The van der Waals surface area contributed by atoms with Crippen molar-refractivity contribution in [2.24, 2.45) is 5.92 Å². The van der Waals surface area contributed by atoms with Gasteiger partial charge >= 0.3 is 0 Å². The maximum absolute atomic E-state index is 12.5. The molecule has 0 fully saturated rings. The van der Waals surface area contributed by atoms with E-state index in [0.717, 1.165) is 6.92 Å². The number of aliphatic hydroxyl groups is 1. The predicted octanol–water partition coefficient (Wildman–Crippen LogP) is 2.05. The largest absolute Gasteiger partial charge is 0.390 e. The van der Waals surface area contributed by atoms with E-state index in [1.165, 1.54) is 20.8 Å². The minimum absolute atomic E-state index is 0.815. The second kappa shape index (κ2) is 2.46. The Kier molecular flexibility index (Phi) is 2.41. The van der Waals surface area contributed by atoms with E-state index in [4.69, 9.17) is 5.11 Å². The summed E-state index contributed by atoms with van der Waals surface area (Å²) in [5.41, 5.74) is -1.31. The normalized spacial score (nSPS) is 17.1. The molecule has 0 radical (unpaired) electrons. The van der Waals surface area contributed by atoms with Crippen molar-refractivity contribution >= 4 is 0 Å². The van der Waals surface area contributed by atoms with Crippen LogP contribution in [0.2, 0.25) is 0 Å². The lowest BCUT2D eigenvalue weighted by Crippen LogP contribution is -2.39. The standard InChI is InChI=1S/C7H14F2O/c1-5(6(2,3)10)7(4,8)9/h5,10H,1-4H3. The first-order chi connectivity index (χ1) is 4.15. The quantitative estimate of drug-likeness (QED) is 0.642. The third kappa shape index (κ3) is 2.60. The molecule has 0 spiro atoms. The van der Waals surface area contributed by atoms with Gasteiger partial charge in [-0.15, -0.1) is 0 Å². The Labute approximate surface area is 60.1 Å². The van der Waals surface area contributed by atoms with Crippen molar-refractivity contribution in [2.45, 2.75) is 39.2 Å². The van der Waals surface area contributed by atoms with Crippen molar-refractivity contribution in [3.8, 4) is 0 Å². The minimum atomic E-state index is -2.81. The summed E-state index contributed by atoms with van der Waals surface area (Å²) in [4.78, 5) is 0. The average molecular weight is 152 g/mol. The molecule has 0 aromatic rings. The van der Waals surface area contributed by atoms with E-state index in [1.54, 1.807) is 0 Å². The molecule has 10 heavy (non-hydrogen) atoms. The molecule has 1 atom stereocenters. The van der Waals surface area contributed by atoms with Gasteiger partial charge in [-0.05, 0) is 20.8 Å². The first-order valence-corrected chi connectivity index (χ1v) is 3.26. The molecule has 3 heteroatoms. The molecule has 0 amide bonds. The molecule has 0 saturated carbocycles. The fraction of sp³-hybridized carbons (Fsp3) is 1.00. The van der Waals surface area contributed by atoms with Crippen LogP contribution in [0.1, 0.15) is 27.7 Å². The third-order valence-electron chi connectivity index (χ3n) is 1.82. The summed E-state index contributed by atoms with van der Waals surface area (Å²) in [5, 5.41) is 9.14. The molecule has 0 aliphatic heterocycles. The van der Waals surface area contributed by atoms with Crippen molar-refractivity contribution in [3.63, 3.8) is 0 Å². The third-order valence-corrected chi connectivity index (χ3v) is 1.82. The Balaban J connectivity index is 4.23. The van der Waals surface area contributed by atoms with Gasteiger partial charge < -0.3 is 5.11 Å². The molecule has 1 nitrogen and oxygen atoms in total. The monoisotopic (exact) mass is 152 g/mol. The van der Waals surface area contributed by atoms with Gasteiger partial charge in [0.15, 0.2) is 0 Å². The van der Waals surface area contributed by atoms with Gasteiger partial charge in [-0.2, -0.15) is 0 Å². The van der Waals surface area contributed by atoms with Crippen LogP contribution >= 0.6 is 0 Å². The van der Waals surface area contributed by atoms with E-state index in [1.807, 2.05) is 0 Å². The average Bonchev–Trinajstić information content (AvgIpc) is 1.59. The van der Waals surface area contributed by atoms with Crippen LogP contribution in [0.25, 0.3) is 0 Å². The van der Waals surface area contributed by atoms with Crippen molar-refractivity contribution in [1.82, 2.24) is 0 Å². The first-order valence-electron chi connectivity index (χ1n) is 3.26. The molecule has 0 saturated heterocycles. The molecule has 0 rings (SSSR count). The summed E-state index contributed by atoms with van der Waals surface area (Å²) in [7, 11) is 0. The number of alkyl halides is 2. The molecule has 0 aliphatic rings. The maximum atomic E-state index is 12.5. The molecule has 0 aromatic heterocycles. The molecule has 0 aliphatic carbocycles. The maximum Gasteiger partial charge on any atom is 0.250 e. The number of rotatable bonds is 2. The Bertz CT molecular complexity index is 95.8. The Hall–Kier alpha value is -0.180. The summed E-state index contributed by atoms with van der Waals surface area (Å²) in [6, 6.07) is 0. The molecule has 0 bridgehead atoms. The van der Waals surface area contributed by atoms with Crippen LogP contribution in [0.5, 0.6) is 0 Å². The van der Waals surface area contributed by atoms with Crippen LogP contribution in [0.3, 0.4) is 0 Å². The van der Waals surface area contributed by atoms with Gasteiger partial charge in [-0.25, -0.2) is 8.78 Å². The highest BCUT2D eigenvalue weighted by Crippen LogP contribution is 2.31. The Morgan fingerprint density at radius 2 is 1.50 bits per heavy atom. The Morgan fingerprint density at radius 1 is 1.20 bits per heavy atom. The zero-order chi connectivity index (χ0) is 8.58. The van der Waals surface area contributed by atoms with E-state index < -0.39 is 17.4 Å². The lowest BCUT2D eigenvalue weighted by atomic mass is 9.88. The van der Waals surface area contributed by atoms with Crippen molar-refractivity contribution < 1.29 is 13.9 Å². The summed E-state index contributed by atoms with van der Waals surface area (Å²) in [6.07, 6.45) is 0. The zero-order valence-corrected chi connectivity index (χ0v) is 6.78. The molecule has 0 heterocycles. The van der Waals surface area contributed by atoms with Gasteiger partial charge in [0, 0.05) is 5.92 Å². The highest BCUT2D eigenvalue weighted by atomic mass is 19.3. The topological polar surface area (TPSA) is 20.2 Å². The van der Waals surface area contributed by atoms with Crippen molar-refractivity contribution in [2.75, 3.05) is 0 Å². The van der Waals surface area contributed by atoms with Gasteiger partial charge in [-0.1, -0.05) is 6.92 Å². The van der Waals surface area contributed by atoms with Crippen LogP contribution < -0.4 is 0 Å². The van der Waals surface area contributed by atoms with E-state index in [2.05, 4.69) is 0 Å². The minimum Gasteiger partial charge on any atom is -0.390 e. The Morgan fingerprint density at radius 3 is 1.50 bits per heavy atom. The van der Waals surface area contributed by atoms with Crippen LogP contribution in [-0.4, -0.2) is 16.6 Å². The molecule has 0 aromatic carbocycles. The van der Waals surface area contributed by atoms with Gasteiger partial charge in [0.1, 0.15) is 0 Å². The molecule has 1 unspecified atom stereocenters. The first kappa shape index (κ1) is 9.82. The summed E-state index contributed by atoms with van der Waals surface area (Å²) in [6.45, 7) is 4.92. The summed E-state index contributed by atoms with van der Waals surface area (Å²) >= 11 is 0. The molecule has 62 valence electrons. The number of hydrogen-bond acceptors (Lipinski definition) is 1. The molecular weight excluding hydrogens is 138 g/mol. The second-order valence-corrected chi connectivity index (χ2v) is 3.33. The van der Waals surface area contributed by atoms with E-state index in [0.29, 0.717) is 0 Å². The van der Waals surface area contributed by atoms with Crippen molar-refractivity contribution in [1.29, 1.82) is 0 Å². The zero-order valence-electron chi connectivity index (χ0n) is 6.78. The van der Waals surface area contributed by atoms with E-state index in [-0.39, 0.29) is 0 Å². The fourth-order valence-electron chi connectivity index (χ4n) is 0.620. The van der Waals surface area contributed by atoms with Crippen LogP contribution in [0.4, 0.5) is 8.78 Å². The van der Waals surface area contributed by atoms with Crippen LogP contribution in [0.15, 0.2) is 0 Å². The van der Waals surface area contributed by atoms with Gasteiger partial charge in [0.05, 0.1) is 5.60 Å². The highest BCUT2D eigenvalue weighted by molar-refractivity contribution is 4.81. The van der Waals surface area contributed by atoms with Crippen molar-refractivity contribution in [3.05, 3.63) is 0 Å². The van der Waals surface area contributed by atoms with E-state index >= 15 is 0 Å². The van der Waals surface area contributed by atoms with Gasteiger partial charge in [0.2, 0.25) is 0 Å². The smallest absolute Gasteiger partial charge is 0.250 e. The molecular formula is C7H14F2O. The van der Waals surface area contributed by atoms with Gasteiger partial charge in [0.25, 0.3) is 5.92 Å². The summed E-state index contributed by atoms with van der Waals surface area (Å²) in [5.74, 6) is -3.82.